The third kappa shape index (κ3) is 2.34. The number of para-hydroxylation sites is 2. The first kappa shape index (κ1) is 15.5. The molecule has 0 radical (unpaired) electrons. The highest BCUT2D eigenvalue weighted by Crippen LogP contribution is 2.21. The monoisotopic (exact) mass is 348 g/mol. The Morgan fingerprint density at radius 3 is 2.08 bits per heavy atom. The fraction of sp³-hybridized carbons (Fsp3) is 0.105. The van der Waals surface area contributed by atoms with Crippen molar-refractivity contribution in [1.29, 1.82) is 0 Å². The maximum atomic E-state index is 13.1. The average Bonchev–Trinajstić information content (AvgIpc) is 3.08. The van der Waals surface area contributed by atoms with E-state index < -0.39 is 0 Å². The molecular weight excluding hydrogens is 332 g/mol. The van der Waals surface area contributed by atoms with Crippen molar-refractivity contribution in [3.8, 4) is 11.4 Å². The van der Waals surface area contributed by atoms with Gasteiger partial charge in [-0.3, -0.25) is 19.0 Å². The van der Waals surface area contributed by atoms with E-state index >= 15 is 0 Å². The molecule has 4 rings (SSSR count). The molecule has 25 heavy (non-hydrogen) atoms. The first-order chi connectivity index (χ1) is 12.1. The van der Waals surface area contributed by atoms with Crippen LogP contribution in [0.5, 0.6) is 0 Å². The Hall–Kier alpha value is -2.99. The van der Waals surface area contributed by atoms with Crippen LogP contribution in [0.3, 0.4) is 0 Å². The fourth-order valence-electron chi connectivity index (χ4n) is 3.07. The van der Waals surface area contributed by atoms with Gasteiger partial charge in [-0.2, -0.15) is 5.10 Å². The van der Waals surface area contributed by atoms with E-state index in [4.69, 9.17) is 12.2 Å². The Balaban J connectivity index is 2.21. The van der Waals surface area contributed by atoms with Crippen LogP contribution < -0.4 is 5.56 Å². The summed E-state index contributed by atoms with van der Waals surface area (Å²) in [6.07, 6.45) is 1.55. The molecule has 0 aliphatic carbocycles. The predicted molar refractivity (Wildman–Crippen MR) is 101 cm³/mol. The molecular formula is C19H16N4OS. The Morgan fingerprint density at radius 1 is 0.920 bits per heavy atom. The van der Waals surface area contributed by atoms with E-state index in [1.54, 1.807) is 10.8 Å². The van der Waals surface area contributed by atoms with E-state index in [2.05, 4.69) is 10.2 Å². The largest absolute Gasteiger partial charge is 0.270 e. The van der Waals surface area contributed by atoms with Gasteiger partial charge in [0.05, 0.1) is 17.6 Å². The van der Waals surface area contributed by atoms with E-state index in [0.717, 1.165) is 22.5 Å². The normalized spacial score (nSPS) is 11.1. The lowest BCUT2D eigenvalue weighted by molar-refractivity contribution is 0.857. The summed E-state index contributed by atoms with van der Waals surface area (Å²) in [5.74, 6) is 0. The molecule has 0 fully saturated rings. The molecule has 0 unspecified atom stereocenters. The fourth-order valence-corrected chi connectivity index (χ4v) is 3.44. The molecule has 0 bridgehead atoms. The van der Waals surface area contributed by atoms with E-state index in [0.29, 0.717) is 15.8 Å². The highest BCUT2D eigenvalue weighted by molar-refractivity contribution is 7.71. The zero-order valence-corrected chi connectivity index (χ0v) is 14.7. The minimum absolute atomic E-state index is 0.173. The Bertz CT molecular complexity index is 1220. The van der Waals surface area contributed by atoms with Gasteiger partial charge in [0.1, 0.15) is 11.0 Å². The van der Waals surface area contributed by atoms with Crippen molar-refractivity contribution in [3.05, 3.63) is 81.0 Å². The Labute approximate surface area is 149 Å². The lowest BCUT2D eigenvalue weighted by atomic mass is 10.2. The minimum Gasteiger partial charge on any atom is -0.270 e. The number of aromatic nitrogens is 4. The second-order valence-electron chi connectivity index (χ2n) is 5.96. The van der Waals surface area contributed by atoms with Gasteiger partial charge in [-0.1, -0.05) is 36.4 Å². The molecule has 124 valence electrons. The van der Waals surface area contributed by atoms with Crippen LogP contribution in [-0.2, 0) is 0 Å². The zero-order chi connectivity index (χ0) is 17.6. The second kappa shape index (κ2) is 5.82. The highest BCUT2D eigenvalue weighted by atomic mass is 32.1. The summed E-state index contributed by atoms with van der Waals surface area (Å²) in [4.78, 5) is 13.1. The van der Waals surface area contributed by atoms with Crippen LogP contribution >= 0.6 is 12.2 Å². The first-order valence-electron chi connectivity index (χ1n) is 7.93. The smallest absolute Gasteiger partial charge is 0.270 e. The van der Waals surface area contributed by atoms with Crippen molar-refractivity contribution < 1.29 is 0 Å². The van der Waals surface area contributed by atoms with Crippen LogP contribution in [0, 0.1) is 18.6 Å². The van der Waals surface area contributed by atoms with Gasteiger partial charge in [0.25, 0.3) is 5.56 Å². The number of rotatable bonds is 2. The average molecular weight is 348 g/mol. The Kier molecular flexibility index (Phi) is 3.62. The topological polar surface area (TPSA) is 55.6 Å². The van der Waals surface area contributed by atoms with E-state index in [-0.39, 0.29) is 5.56 Å². The van der Waals surface area contributed by atoms with Gasteiger partial charge < -0.3 is 0 Å². The van der Waals surface area contributed by atoms with Gasteiger partial charge in [0, 0.05) is 0 Å². The molecule has 0 aliphatic rings. The lowest BCUT2D eigenvalue weighted by Crippen LogP contribution is -2.24. The summed E-state index contributed by atoms with van der Waals surface area (Å²) in [6.45, 7) is 3.98. The molecule has 1 N–H and O–H groups in total. The molecule has 0 atom stereocenters. The van der Waals surface area contributed by atoms with Crippen LogP contribution in [-0.4, -0.2) is 19.3 Å². The molecule has 2 aromatic heterocycles. The number of H-pyrrole nitrogens is 1. The summed E-state index contributed by atoms with van der Waals surface area (Å²) in [5, 5.41) is 7.49. The van der Waals surface area contributed by atoms with Crippen molar-refractivity contribution in [2.24, 2.45) is 0 Å². The van der Waals surface area contributed by atoms with E-state index in [9.17, 15) is 4.79 Å². The molecule has 2 aromatic carbocycles. The van der Waals surface area contributed by atoms with Gasteiger partial charge >= 0.3 is 0 Å². The van der Waals surface area contributed by atoms with Gasteiger partial charge in [0.2, 0.25) is 0 Å². The standard InChI is InChI=1S/C19H16N4OS/c1-12-7-3-5-9-15(12)22-17-14(11-20-21-17)18(24)23(19(22)25)16-10-6-4-8-13(16)2/h3-11H,1-2H3,(H,20,21). The minimum atomic E-state index is -0.173. The molecule has 5 nitrogen and oxygen atoms in total. The number of aromatic amines is 1. The molecule has 6 heteroatoms. The number of fused-ring (bicyclic) bond motifs is 1. The number of nitrogens with one attached hydrogen (secondary N) is 1. The molecule has 0 aliphatic heterocycles. The number of nitrogens with zero attached hydrogens (tertiary/aromatic N) is 3. The number of hydrogen-bond acceptors (Lipinski definition) is 3. The van der Waals surface area contributed by atoms with Crippen LogP contribution in [0.15, 0.2) is 59.5 Å². The summed E-state index contributed by atoms with van der Waals surface area (Å²) >= 11 is 5.73. The molecule has 4 aromatic rings. The number of hydrogen-bond donors (Lipinski definition) is 1. The quantitative estimate of drug-likeness (QED) is 0.560. The zero-order valence-electron chi connectivity index (χ0n) is 13.9. The molecule has 0 saturated heterocycles. The van der Waals surface area contributed by atoms with Crippen molar-refractivity contribution in [2.45, 2.75) is 13.8 Å². The first-order valence-corrected chi connectivity index (χ1v) is 8.33. The summed E-state index contributed by atoms with van der Waals surface area (Å²) in [7, 11) is 0. The maximum Gasteiger partial charge on any atom is 0.270 e. The maximum absolute atomic E-state index is 13.1. The van der Waals surface area contributed by atoms with Crippen molar-refractivity contribution in [1.82, 2.24) is 19.3 Å². The van der Waals surface area contributed by atoms with Crippen LogP contribution in [0.4, 0.5) is 0 Å². The van der Waals surface area contributed by atoms with Crippen molar-refractivity contribution in [2.75, 3.05) is 0 Å². The summed E-state index contributed by atoms with van der Waals surface area (Å²) in [5.41, 5.74) is 4.17. The van der Waals surface area contributed by atoms with Gasteiger partial charge in [-0.15, -0.1) is 0 Å². The van der Waals surface area contributed by atoms with Crippen LogP contribution in [0.2, 0.25) is 0 Å². The Morgan fingerprint density at radius 2 is 1.48 bits per heavy atom. The summed E-state index contributed by atoms with van der Waals surface area (Å²) in [6, 6.07) is 15.6. The highest BCUT2D eigenvalue weighted by Gasteiger charge is 2.16. The molecule has 0 amide bonds. The van der Waals surface area contributed by atoms with Crippen molar-refractivity contribution in [3.63, 3.8) is 0 Å². The van der Waals surface area contributed by atoms with E-state index in [1.807, 2.05) is 66.9 Å². The summed E-state index contributed by atoms with van der Waals surface area (Å²) < 4.78 is 3.86. The SMILES string of the molecule is Cc1ccccc1-n1c(=O)c2cn[nH]c2n(-c2ccccc2C)c1=S. The van der Waals surface area contributed by atoms with E-state index in [1.165, 1.54) is 0 Å². The number of aryl methyl sites for hydroxylation is 2. The molecule has 0 spiro atoms. The van der Waals surface area contributed by atoms with Gasteiger partial charge in [-0.05, 0) is 49.3 Å². The third-order valence-corrected chi connectivity index (χ3v) is 4.74. The van der Waals surface area contributed by atoms with Crippen molar-refractivity contribution >= 4 is 23.3 Å². The van der Waals surface area contributed by atoms with Crippen LogP contribution in [0.25, 0.3) is 22.4 Å². The van der Waals surface area contributed by atoms with Crippen LogP contribution in [0.1, 0.15) is 11.1 Å². The molecule has 0 saturated carbocycles. The predicted octanol–water partition coefficient (Wildman–Crippen LogP) is 3.85. The van der Waals surface area contributed by atoms with Gasteiger partial charge in [0.15, 0.2) is 4.77 Å². The number of benzene rings is 2. The van der Waals surface area contributed by atoms with Gasteiger partial charge in [-0.25, -0.2) is 0 Å². The lowest BCUT2D eigenvalue weighted by Gasteiger charge is -2.16. The molecule has 2 heterocycles. The third-order valence-electron chi connectivity index (χ3n) is 4.37. The second-order valence-corrected chi connectivity index (χ2v) is 6.33.